The molecule has 2 aliphatic rings. The monoisotopic (exact) mass is 346 g/mol. The number of hydrogen-bond acceptors (Lipinski definition) is 7. The number of phenolic OH excluding ortho intramolecular Hbond substituents is 2. The summed E-state index contributed by atoms with van der Waals surface area (Å²) in [6, 6.07) is 0. The minimum atomic E-state index is -1.38. The number of rotatable bonds is 2. The number of fused-ring (bicyclic) bond motifs is 3. The lowest BCUT2D eigenvalue weighted by atomic mass is 9.68. The van der Waals surface area contributed by atoms with Gasteiger partial charge in [0, 0.05) is 12.0 Å². The van der Waals surface area contributed by atoms with E-state index in [1.807, 2.05) is 0 Å². The van der Waals surface area contributed by atoms with Crippen LogP contribution in [0.4, 0.5) is 0 Å². The number of benzene rings is 1. The Morgan fingerprint density at radius 1 is 1.12 bits per heavy atom. The number of aromatic hydroxyl groups is 2. The van der Waals surface area contributed by atoms with E-state index in [1.54, 1.807) is 0 Å². The molecule has 1 heterocycles. The van der Waals surface area contributed by atoms with Crippen LogP contribution in [-0.4, -0.2) is 38.8 Å². The van der Waals surface area contributed by atoms with E-state index in [2.05, 4.69) is 0 Å². The van der Waals surface area contributed by atoms with Crippen LogP contribution in [0.2, 0.25) is 0 Å². The van der Waals surface area contributed by atoms with Gasteiger partial charge in [-0.2, -0.15) is 0 Å². The number of Topliss-reactive ketones (excluding diaryl/α,β-unsaturated/α-hetero) is 3. The van der Waals surface area contributed by atoms with Gasteiger partial charge in [0.25, 0.3) is 0 Å². The van der Waals surface area contributed by atoms with Crippen LogP contribution >= 0.6 is 0 Å². The zero-order valence-corrected chi connectivity index (χ0v) is 14.3. The van der Waals surface area contributed by atoms with E-state index < -0.39 is 40.4 Å². The fraction of sp³-hybridized carbons (Fsp3) is 0.389. The molecule has 2 atom stereocenters. The first-order valence-electron chi connectivity index (χ1n) is 7.77. The molecule has 0 bridgehead atoms. The number of aliphatic hydroxyl groups is 1. The summed E-state index contributed by atoms with van der Waals surface area (Å²) >= 11 is 0. The zero-order valence-electron chi connectivity index (χ0n) is 14.3. The van der Waals surface area contributed by atoms with Crippen LogP contribution in [0.25, 0.3) is 0 Å². The molecule has 25 heavy (non-hydrogen) atoms. The molecule has 0 saturated heterocycles. The molecule has 0 amide bonds. The first-order valence-corrected chi connectivity index (χ1v) is 7.77. The molecule has 3 N–H and O–H groups in total. The molecule has 3 rings (SSSR count). The molecule has 0 fully saturated rings. The topological polar surface area (TPSA) is 121 Å². The number of hydrogen-bond donors (Lipinski definition) is 3. The minimum absolute atomic E-state index is 0.0588. The molecular weight excluding hydrogens is 328 g/mol. The second kappa shape index (κ2) is 5.08. The fourth-order valence-corrected chi connectivity index (χ4v) is 3.72. The quantitative estimate of drug-likeness (QED) is 0.553. The van der Waals surface area contributed by atoms with Crippen molar-refractivity contribution in [2.75, 3.05) is 0 Å². The largest absolute Gasteiger partial charge is 0.510 e. The van der Waals surface area contributed by atoms with Gasteiger partial charge in [0.1, 0.15) is 34.7 Å². The molecule has 0 aromatic heterocycles. The Morgan fingerprint density at radius 2 is 1.72 bits per heavy atom. The van der Waals surface area contributed by atoms with Crippen LogP contribution in [0.1, 0.15) is 48.7 Å². The maximum Gasteiger partial charge on any atom is 0.173 e. The summed E-state index contributed by atoms with van der Waals surface area (Å²) in [5.74, 6) is -2.94. The third-order valence-corrected chi connectivity index (χ3v) is 5.14. The van der Waals surface area contributed by atoms with Crippen LogP contribution in [0, 0.1) is 6.92 Å². The Balaban J connectivity index is 2.43. The predicted molar refractivity (Wildman–Crippen MR) is 86.2 cm³/mol. The van der Waals surface area contributed by atoms with E-state index in [-0.39, 0.29) is 40.2 Å². The van der Waals surface area contributed by atoms with E-state index in [0.29, 0.717) is 0 Å². The van der Waals surface area contributed by atoms with E-state index in [9.17, 15) is 29.7 Å². The summed E-state index contributed by atoms with van der Waals surface area (Å²) in [7, 11) is 0. The second-order valence-corrected chi connectivity index (χ2v) is 6.67. The lowest BCUT2D eigenvalue weighted by molar-refractivity contribution is -0.123. The highest BCUT2D eigenvalue weighted by molar-refractivity contribution is 6.21. The van der Waals surface area contributed by atoms with Crippen molar-refractivity contribution >= 4 is 17.3 Å². The third kappa shape index (κ3) is 1.95. The first-order chi connectivity index (χ1) is 11.5. The van der Waals surface area contributed by atoms with Crippen molar-refractivity contribution in [1.29, 1.82) is 0 Å². The van der Waals surface area contributed by atoms with Gasteiger partial charge in [0.05, 0.1) is 16.6 Å². The van der Waals surface area contributed by atoms with Crippen molar-refractivity contribution < 1.29 is 34.4 Å². The molecule has 1 aliphatic heterocycles. The molecule has 1 aliphatic carbocycles. The van der Waals surface area contributed by atoms with Gasteiger partial charge in [0.15, 0.2) is 17.3 Å². The zero-order chi connectivity index (χ0) is 18.8. The predicted octanol–water partition coefficient (Wildman–Crippen LogP) is 2.00. The van der Waals surface area contributed by atoms with E-state index in [0.717, 1.165) is 0 Å². The maximum absolute atomic E-state index is 12.2. The standard InChI is InChI=1S/C18H18O7/c1-6-14(22)12(8(3)20)16-13(15(6)23)18(4)10(25-16)5-9(21)11(7(2)19)17(18)24/h10,22-24H,5H2,1-4H3/t10-,18-/m0/s1. The second-order valence-electron chi connectivity index (χ2n) is 6.67. The minimum Gasteiger partial charge on any atom is -0.510 e. The third-order valence-electron chi connectivity index (χ3n) is 5.14. The number of carbonyl (C=O) groups is 3. The highest BCUT2D eigenvalue weighted by atomic mass is 16.5. The van der Waals surface area contributed by atoms with E-state index >= 15 is 0 Å². The van der Waals surface area contributed by atoms with Gasteiger partial charge in [0.2, 0.25) is 0 Å². The van der Waals surface area contributed by atoms with Crippen molar-refractivity contribution in [2.24, 2.45) is 0 Å². The number of allylic oxidation sites excluding steroid dienone is 1. The van der Waals surface area contributed by atoms with Crippen LogP contribution < -0.4 is 4.74 Å². The molecule has 0 radical (unpaired) electrons. The normalized spacial score (nSPS) is 24.6. The number of ketones is 3. The number of phenols is 2. The van der Waals surface area contributed by atoms with Gasteiger partial charge in [-0.25, -0.2) is 0 Å². The molecule has 0 saturated carbocycles. The van der Waals surface area contributed by atoms with E-state index in [1.165, 1.54) is 27.7 Å². The van der Waals surface area contributed by atoms with Gasteiger partial charge in [-0.3, -0.25) is 14.4 Å². The molecular formula is C18H18O7. The molecule has 1 aromatic rings. The van der Waals surface area contributed by atoms with Crippen molar-refractivity contribution in [3.8, 4) is 17.2 Å². The Bertz CT molecular complexity index is 893. The molecule has 132 valence electrons. The Labute approximate surface area is 143 Å². The SMILES string of the molecule is CC(=O)C1=C(O)[C@]2(C)c3c(O)c(C)c(O)c(C(C)=O)c3O[C@H]2CC1=O. The first kappa shape index (κ1) is 17.0. The average Bonchev–Trinajstić information content (AvgIpc) is 2.78. The highest BCUT2D eigenvalue weighted by Gasteiger charge is 2.57. The molecule has 7 heteroatoms. The average molecular weight is 346 g/mol. The summed E-state index contributed by atoms with van der Waals surface area (Å²) in [6.45, 7) is 5.37. The van der Waals surface area contributed by atoms with Gasteiger partial charge in [-0.1, -0.05) is 0 Å². The van der Waals surface area contributed by atoms with Crippen LogP contribution in [0.3, 0.4) is 0 Å². The van der Waals surface area contributed by atoms with Gasteiger partial charge < -0.3 is 20.1 Å². The maximum atomic E-state index is 12.2. The van der Waals surface area contributed by atoms with Crippen molar-refractivity contribution in [3.63, 3.8) is 0 Å². The summed E-state index contributed by atoms with van der Waals surface area (Å²) in [5.41, 5.74) is -1.67. The van der Waals surface area contributed by atoms with Gasteiger partial charge in [-0.05, 0) is 27.7 Å². The van der Waals surface area contributed by atoms with Crippen LogP contribution in [0.5, 0.6) is 17.2 Å². The van der Waals surface area contributed by atoms with Gasteiger partial charge in [-0.15, -0.1) is 0 Å². The number of carbonyl (C=O) groups excluding carboxylic acids is 3. The van der Waals surface area contributed by atoms with E-state index in [4.69, 9.17) is 4.74 Å². The van der Waals surface area contributed by atoms with Crippen molar-refractivity contribution in [2.45, 2.75) is 45.6 Å². The fourth-order valence-electron chi connectivity index (χ4n) is 3.72. The molecule has 0 spiro atoms. The van der Waals surface area contributed by atoms with Crippen molar-refractivity contribution in [3.05, 3.63) is 28.0 Å². The molecule has 1 aromatic carbocycles. The van der Waals surface area contributed by atoms with Crippen LogP contribution in [-0.2, 0) is 15.0 Å². The number of ether oxygens (including phenoxy) is 1. The summed E-state index contributed by atoms with van der Waals surface area (Å²) in [6.07, 6.45) is -1.09. The summed E-state index contributed by atoms with van der Waals surface area (Å²) in [4.78, 5) is 36.0. The smallest absolute Gasteiger partial charge is 0.173 e. The van der Waals surface area contributed by atoms with Crippen LogP contribution in [0.15, 0.2) is 11.3 Å². The Kier molecular flexibility index (Phi) is 3.46. The molecule has 7 nitrogen and oxygen atoms in total. The molecule has 0 unspecified atom stereocenters. The summed E-state index contributed by atoms with van der Waals surface area (Å²) in [5, 5.41) is 31.5. The number of aliphatic hydroxyl groups excluding tert-OH is 1. The highest BCUT2D eigenvalue weighted by Crippen LogP contribution is 2.58. The summed E-state index contributed by atoms with van der Waals surface area (Å²) < 4.78 is 5.72. The van der Waals surface area contributed by atoms with Gasteiger partial charge >= 0.3 is 0 Å². The Morgan fingerprint density at radius 3 is 2.24 bits per heavy atom. The lowest BCUT2D eigenvalue weighted by Crippen LogP contribution is -2.45. The Hall–Kier alpha value is -2.83. The lowest BCUT2D eigenvalue weighted by Gasteiger charge is -2.34. The van der Waals surface area contributed by atoms with Crippen molar-refractivity contribution in [1.82, 2.24) is 0 Å².